The zero-order valence-electron chi connectivity index (χ0n) is 10.1. The topological polar surface area (TPSA) is 29.1 Å². The first-order chi connectivity index (χ1) is 9.47. The molecule has 0 spiro atoms. The van der Waals surface area contributed by atoms with E-state index in [0.717, 1.165) is 12.1 Å². The Kier molecular flexibility index (Phi) is 4.57. The highest BCUT2D eigenvalue weighted by molar-refractivity contribution is 6.33. The lowest BCUT2D eigenvalue weighted by Gasteiger charge is -2.07. The van der Waals surface area contributed by atoms with Gasteiger partial charge < -0.3 is 5.32 Å². The van der Waals surface area contributed by atoms with Gasteiger partial charge in [-0.1, -0.05) is 29.3 Å². The van der Waals surface area contributed by atoms with E-state index in [-0.39, 0.29) is 22.2 Å². The molecule has 1 amide bonds. The summed E-state index contributed by atoms with van der Waals surface area (Å²) in [6.45, 7) is 0.159. The lowest BCUT2D eigenvalue weighted by molar-refractivity contribution is 0.0951. The first-order valence-electron chi connectivity index (χ1n) is 5.64. The second-order valence-electron chi connectivity index (χ2n) is 4.06. The first-order valence-corrected chi connectivity index (χ1v) is 6.40. The van der Waals surface area contributed by atoms with Gasteiger partial charge in [0.2, 0.25) is 0 Å². The Bertz CT molecular complexity index is 662. The summed E-state index contributed by atoms with van der Waals surface area (Å²) < 4.78 is 25.9. The maximum absolute atomic E-state index is 13.0. The Hall–Kier alpha value is -1.65. The van der Waals surface area contributed by atoms with Gasteiger partial charge in [0.15, 0.2) is 0 Å². The molecule has 2 nitrogen and oxygen atoms in total. The number of rotatable bonds is 3. The van der Waals surface area contributed by atoms with Gasteiger partial charge in [0, 0.05) is 6.54 Å². The third-order valence-corrected chi connectivity index (χ3v) is 3.22. The minimum atomic E-state index is -0.525. The SMILES string of the molecule is O=C(NCc1ccc(F)c(Cl)c1)c1ccc(F)cc1Cl. The number of hydrogen-bond acceptors (Lipinski definition) is 1. The van der Waals surface area contributed by atoms with Gasteiger partial charge in [-0.2, -0.15) is 0 Å². The van der Waals surface area contributed by atoms with Gasteiger partial charge in [-0.3, -0.25) is 4.79 Å². The molecule has 0 radical (unpaired) electrons. The van der Waals surface area contributed by atoms with Crippen molar-refractivity contribution in [2.75, 3.05) is 0 Å². The monoisotopic (exact) mass is 315 g/mol. The molecule has 0 bridgehead atoms. The highest BCUT2D eigenvalue weighted by Crippen LogP contribution is 2.18. The Morgan fingerprint density at radius 2 is 1.80 bits per heavy atom. The van der Waals surface area contributed by atoms with Crippen LogP contribution in [0.25, 0.3) is 0 Å². The van der Waals surface area contributed by atoms with Gasteiger partial charge in [0.25, 0.3) is 5.91 Å². The number of carbonyl (C=O) groups excluding carboxylic acids is 1. The third kappa shape index (κ3) is 3.46. The normalized spacial score (nSPS) is 10.4. The summed E-state index contributed by atoms with van der Waals surface area (Å²) in [5, 5.41) is 2.61. The molecule has 0 aliphatic carbocycles. The van der Waals surface area contributed by atoms with Crippen molar-refractivity contribution in [2.24, 2.45) is 0 Å². The van der Waals surface area contributed by atoms with Gasteiger partial charge >= 0.3 is 0 Å². The van der Waals surface area contributed by atoms with Crippen molar-refractivity contribution in [1.29, 1.82) is 0 Å². The van der Waals surface area contributed by atoms with Crippen molar-refractivity contribution in [3.8, 4) is 0 Å². The zero-order chi connectivity index (χ0) is 14.7. The van der Waals surface area contributed by atoms with Crippen LogP contribution in [-0.4, -0.2) is 5.91 Å². The fourth-order valence-corrected chi connectivity index (χ4v) is 2.06. The molecule has 1 N–H and O–H groups in total. The second-order valence-corrected chi connectivity index (χ2v) is 4.87. The quantitative estimate of drug-likeness (QED) is 0.903. The van der Waals surface area contributed by atoms with E-state index in [2.05, 4.69) is 5.32 Å². The largest absolute Gasteiger partial charge is 0.348 e. The van der Waals surface area contributed by atoms with Crippen molar-refractivity contribution in [3.05, 3.63) is 69.2 Å². The van der Waals surface area contributed by atoms with Crippen molar-refractivity contribution in [2.45, 2.75) is 6.54 Å². The number of nitrogens with one attached hydrogen (secondary N) is 1. The number of benzene rings is 2. The molecular formula is C14H9Cl2F2NO. The highest BCUT2D eigenvalue weighted by Gasteiger charge is 2.11. The summed E-state index contributed by atoms with van der Waals surface area (Å²) in [7, 11) is 0. The minimum Gasteiger partial charge on any atom is -0.348 e. The van der Waals surface area contributed by atoms with Gasteiger partial charge in [0.05, 0.1) is 15.6 Å². The smallest absolute Gasteiger partial charge is 0.253 e. The Morgan fingerprint density at radius 1 is 1.05 bits per heavy atom. The third-order valence-electron chi connectivity index (χ3n) is 2.61. The summed E-state index contributed by atoms with van der Waals surface area (Å²) in [4.78, 5) is 11.9. The highest BCUT2D eigenvalue weighted by atomic mass is 35.5. The molecule has 104 valence electrons. The van der Waals surface area contributed by atoms with Gasteiger partial charge in [-0.25, -0.2) is 8.78 Å². The van der Waals surface area contributed by atoms with E-state index in [0.29, 0.717) is 5.56 Å². The van der Waals surface area contributed by atoms with Crippen molar-refractivity contribution in [3.63, 3.8) is 0 Å². The Morgan fingerprint density at radius 3 is 2.45 bits per heavy atom. The van der Waals surface area contributed by atoms with Gasteiger partial charge in [-0.15, -0.1) is 0 Å². The molecule has 0 atom stereocenters. The van der Waals surface area contributed by atoms with Gasteiger partial charge in [0.1, 0.15) is 11.6 Å². The fraction of sp³-hybridized carbons (Fsp3) is 0.0714. The molecule has 0 heterocycles. The van der Waals surface area contributed by atoms with Crippen LogP contribution in [0.5, 0.6) is 0 Å². The van der Waals surface area contributed by atoms with Crippen molar-refractivity contribution >= 4 is 29.1 Å². The Labute approximate surface area is 124 Å². The Balaban J connectivity index is 2.06. The molecule has 0 saturated heterocycles. The summed E-state index contributed by atoms with van der Waals surface area (Å²) in [5.74, 6) is -1.49. The van der Waals surface area contributed by atoms with E-state index >= 15 is 0 Å². The number of halogens is 4. The molecule has 20 heavy (non-hydrogen) atoms. The minimum absolute atomic E-state index is 0.0171. The summed E-state index contributed by atoms with van der Waals surface area (Å²) >= 11 is 11.4. The number of amides is 1. The van der Waals surface area contributed by atoms with E-state index in [1.807, 2.05) is 0 Å². The second kappa shape index (κ2) is 6.20. The molecular weight excluding hydrogens is 307 g/mol. The molecule has 0 aliphatic rings. The average Bonchev–Trinajstić information content (AvgIpc) is 2.40. The summed E-state index contributed by atoms with van der Waals surface area (Å²) in [6.07, 6.45) is 0. The van der Waals surface area contributed by atoms with Crippen LogP contribution in [0, 0.1) is 11.6 Å². The average molecular weight is 316 g/mol. The van der Waals surface area contributed by atoms with Crippen molar-refractivity contribution < 1.29 is 13.6 Å². The van der Waals surface area contributed by atoms with Crippen LogP contribution < -0.4 is 5.32 Å². The fourth-order valence-electron chi connectivity index (χ4n) is 1.60. The van der Waals surface area contributed by atoms with E-state index in [9.17, 15) is 13.6 Å². The molecule has 6 heteroatoms. The molecule has 0 aromatic heterocycles. The van der Waals surface area contributed by atoms with Crippen LogP contribution in [0.2, 0.25) is 10.0 Å². The maximum atomic E-state index is 13.0. The molecule has 0 saturated carbocycles. The molecule has 2 aromatic carbocycles. The zero-order valence-corrected chi connectivity index (χ0v) is 11.6. The van der Waals surface area contributed by atoms with Crippen LogP contribution >= 0.6 is 23.2 Å². The van der Waals surface area contributed by atoms with Crippen LogP contribution in [0.1, 0.15) is 15.9 Å². The molecule has 0 unspecified atom stereocenters. The van der Waals surface area contributed by atoms with Crippen LogP contribution in [-0.2, 0) is 6.54 Å². The molecule has 2 aromatic rings. The predicted octanol–water partition coefficient (Wildman–Crippen LogP) is 4.20. The van der Waals surface area contributed by atoms with Crippen LogP contribution in [0.4, 0.5) is 8.78 Å². The maximum Gasteiger partial charge on any atom is 0.253 e. The lowest BCUT2D eigenvalue weighted by atomic mass is 10.2. The van der Waals surface area contributed by atoms with Crippen molar-refractivity contribution in [1.82, 2.24) is 5.32 Å². The van der Waals surface area contributed by atoms with E-state index in [4.69, 9.17) is 23.2 Å². The predicted molar refractivity (Wildman–Crippen MR) is 74.0 cm³/mol. The molecule has 0 aliphatic heterocycles. The van der Waals surface area contributed by atoms with Gasteiger partial charge in [-0.05, 0) is 35.9 Å². The van der Waals surface area contributed by atoms with E-state index < -0.39 is 17.5 Å². The first kappa shape index (κ1) is 14.8. The molecule has 2 rings (SSSR count). The lowest BCUT2D eigenvalue weighted by Crippen LogP contribution is -2.23. The van der Waals surface area contributed by atoms with Crippen LogP contribution in [0.15, 0.2) is 36.4 Å². The van der Waals surface area contributed by atoms with Crippen LogP contribution in [0.3, 0.4) is 0 Å². The summed E-state index contributed by atoms with van der Waals surface area (Å²) in [6, 6.07) is 7.65. The van der Waals surface area contributed by atoms with E-state index in [1.54, 1.807) is 0 Å². The number of carbonyl (C=O) groups is 1. The summed E-state index contributed by atoms with van der Waals surface area (Å²) in [5.41, 5.74) is 0.809. The molecule has 0 fully saturated rings. The number of hydrogen-bond donors (Lipinski definition) is 1. The van der Waals surface area contributed by atoms with E-state index in [1.165, 1.54) is 24.3 Å². The standard InChI is InChI=1S/C14H9Cl2F2NO/c15-11-6-9(17)2-3-10(11)14(20)19-7-8-1-4-13(18)12(16)5-8/h1-6H,7H2,(H,19,20).